The van der Waals surface area contributed by atoms with E-state index in [9.17, 15) is 4.39 Å². The summed E-state index contributed by atoms with van der Waals surface area (Å²) in [5, 5.41) is 5.40. The van der Waals surface area contributed by atoms with Crippen molar-refractivity contribution in [3.63, 3.8) is 0 Å². The number of benzene rings is 2. The highest BCUT2D eigenvalue weighted by Gasteiger charge is 2.01. The van der Waals surface area contributed by atoms with Gasteiger partial charge in [0.1, 0.15) is 18.2 Å². The Hall–Kier alpha value is -2.17. The molecule has 0 aliphatic heterocycles. The maximum atomic E-state index is 13.5. The van der Waals surface area contributed by atoms with E-state index >= 15 is 0 Å². The first kappa shape index (κ1) is 16.7. The van der Waals surface area contributed by atoms with Crippen molar-refractivity contribution in [1.29, 1.82) is 0 Å². The lowest BCUT2D eigenvalue weighted by molar-refractivity contribution is 0.309. The SMILES string of the molecule is Fc1ccccc1CCNCc1ccc(OCc2cccs2)cc1. The third-order valence-electron chi connectivity index (χ3n) is 3.74. The standard InChI is InChI=1S/C20H20FNOS/c21-20-6-2-1-4-17(20)11-12-22-14-16-7-9-18(10-8-16)23-15-19-5-3-13-24-19/h1-10,13,22H,11-12,14-15H2. The molecule has 0 atom stereocenters. The van der Waals surface area contributed by atoms with Crippen molar-refractivity contribution in [2.45, 2.75) is 19.6 Å². The van der Waals surface area contributed by atoms with Gasteiger partial charge in [-0.1, -0.05) is 36.4 Å². The maximum absolute atomic E-state index is 13.5. The van der Waals surface area contributed by atoms with Gasteiger partial charge in [0, 0.05) is 11.4 Å². The second-order valence-electron chi connectivity index (χ2n) is 5.53. The average molecular weight is 341 g/mol. The first-order valence-electron chi connectivity index (χ1n) is 7.99. The minimum atomic E-state index is -0.133. The minimum absolute atomic E-state index is 0.133. The Balaban J connectivity index is 1.40. The second kappa shape index (κ2) is 8.62. The molecule has 0 aliphatic rings. The van der Waals surface area contributed by atoms with Crippen LogP contribution in [0.15, 0.2) is 66.0 Å². The minimum Gasteiger partial charge on any atom is -0.488 e. The molecule has 0 bridgehead atoms. The van der Waals surface area contributed by atoms with Gasteiger partial charge < -0.3 is 10.1 Å². The van der Waals surface area contributed by atoms with E-state index in [2.05, 4.69) is 28.9 Å². The number of halogens is 1. The highest BCUT2D eigenvalue weighted by molar-refractivity contribution is 7.09. The molecular weight excluding hydrogens is 321 g/mol. The predicted octanol–water partition coefficient (Wildman–Crippen LogP) is 4.80. The molecule has 3 aromatic rings. The lowest BCUT2D eigenvalue weighted by Gasteiger charge is -2.08. The number of hydrogen-bond donors (Lipinski definition) is 1. The van der Waals surface area contributed by atoms with Crippen molar-refractivity contribution in [1.82, 2.24) is 5.32 Å². The third-order valence-corrected chi connectivity index (χ3v) is 4.59. The predicted molar refractivity (Wildman–Crippen MR) is 96.9 cm³/mol. The van der Waals surface area contributed by atoms with Crippen LogP contribution in [0, 0.1) is 5.82 Å². The van der Waals surface area contributed by atoms with E-state index in [1.165, 1.54) is 16.5 Å². The van der Waals surface area contributed by atoms with Crippen LogP contribution < -0.4 is 10.1 Å². The highest BCUT2D eigenvalue weighted by Crippen LogP contribution is 2.16. The van der Waals surface area contributed by atoms with Gasteiger partial charge in [0.2, 0.25) is 0 Å². The van der Waals surface area contributed by atoms with Crippen LogP contribution in [0.3, 0.4) is 0 Å². The summed E-state index contributed by atoms with van der Waals surface area (Å²) in [6.07, 6.45) is 0.689. The monoisotopic (exact) mass is 341 g/mol. The van der Waals surface area contributed by atoms with Crippen LogP contribution >= 0.6 is 11.3 Å². The average Bonchev–Trinajstić information content (AvgIpc) is 3.13. The lowest BCUT2D eigenvalue weighted by atomic mass is 10.1. The first-order valence-corrected chi connectivity index (χ1v) is 8.87. The molecule has 0 amide bonds. The molecule has 24 heavy (non-hydrogen) atoms. The Labute approximate surface area is 145 Å². The van der Waals surface area contributed by atoms with E-state index in [1.54, 1.807) is 17.4 Å². The van der Waals surface area contributed by atoms with Crippen LogP contribution in [-0.4, -0.2) is 6.54 Å². The van der Waals surface area contributed by atoms with Gasteiger partial charge in [0.15, 0.2) is 0 Å². The quantitative estimate of drug-likeness (QED) is 0.594. The Morgan fingerprint density at radius 1 is 0.958 bits per heavy atom. The summed E-state index contributed by atoms with van der Waals surface area (Å²) in [6.45, 7) is 2.12. The van der Waals surface area contributed by atoms with Crippen LogP contribution in [-0.2, 0) is 19.6 Å². The van der Waals surface area contributed by atoms with Gasteiger partial charge >= 0.3 is 0 Å². The summed E-state index contributed by atoms with van der Waals surface area (Å²) in [5.74, 6) is 0.741. The zero-order valence-corrected chi connectivity index (χ0v) is 14.2. The van der Waals surface area contributed by atoms with Gasteiger partial charge in [-0.3, -0.25) is 0 Å². The molecule has 0 saturated heterocycles. The number of hydrogen-bond acceptors (Lipinski definition) is 3. The lowest BCUT2D eigenvalue weighted by Crippen LogP contribution is -2.17. The van der Waals surface area contributed by atoms with Crippen LogP contribution in [0.5, 0.6) is 5.75 Å². The summed E-state index contributed by atoms with van der Waals surface area (Å²) in [7, 11) is 0. The smallest absolute Gasteiger partial charge is 0.126 e. The summed E-state index contributed by atoms with van der Waals surface area (Å²) in [6, 6.07) is 19.1. The van der Waals surface area contributed by atoms with Gasteiger partial charge in [-0.05, 0) is 53.7 Å². The Morgan fingerprint density at radius 3 is 2.54 bits per heavy atom. The number of thiophene rings is 1. The van der Waals surface area contributed by atoms with Gasteiger partial charge in [0.25, 0.3) is 0 Å². The van der Waals surface area contributed by atoms with Gasteiger partial charge in [0.05, 0.1) is 0 Å². The number of nitrogens with one attached hydrogen (secondary N) is 1. The Bertz CT molecular complexity index is 741. The fourth-order valence-corrected chi connectivity index (χ4v) is 3.03. The van der Waals surface area contributed by atoms with Crippen molar-refractivity contribution in [2.75, 3.05) is 6.54 Å². The van der Waals surface area contributed by atoms with Crippen molar-refractivity contribution in [2.24, 2.45) is 0 Å². The Kier molecular flexibility index (Phi) is 5.99. The zero-order chi connectivity index (χ0) is 16.6. The molecule has 3 rings (SSSR count). The van der Waals surface area contributed by atoms with Crippen LogP contribution in [0.1, 0.15) is 16.0 Å². The molecule has 0 aliphatic carbocycles. The fourth-order valence-electron chi connectivity index (χ4n) is 2.41. The number of ether oxygens (including phenoxy) is 1. The molecule has 2 aromatic carbocycles. The molecule has 1 aromatic heterocycles. The molecule has 0 fully saturated rings. The van der Waals surface area contributed by atoms with Crippen LogP contribution in [0.4, 0.5) is 4.39 Å². The molecular formula is C20H20FNOS. The van der Waals surface area contributed by atoms with E-state index in [4.69, 9.17) is 4.74 Å². The van der Waals surface area contributed by atoms with Crippen molar-refractivity contribution < 1.29 is 9.13 Å². The maximum Gasteiger partial charge on any atom is 0.126 e. The van der Waals surface area contributed by atoms with Gasteiger partial charge in [-0.2, -0.15) is 0 Å². The van der Waals surface area contributed by atoms with E-state index < -0.39 is 0 Å². The first-order chi connectivity index (χ1) is 11.8. The summed E-state index contributed by atoms with van der Waals surface area (Å²) < 4.78 is 19.3. The van der Waals surface area contributed by atoms with Crippen LogP contribution in [0.2, 0.25) is 0 Å². The Morgan fingerprint density at radius 2 is 1.79 bits per heavy atom. The van der Waals surface area contributed by atoms with E-state index in [1.807, 2.05) is 30.3 Å². The molecule has 0 saturated carbocycles. The van der Waals surface area contributed by atoms with E-state index in [-0.39, 0.29) is 5.82 Å². The normalized spacial score (nSPS) is 10.7. The highest BCUT2D eigenvalue weighted by atomic mass is 32.1. The molecule has 0 unspecified atom stereocenters. The molecule has 124 valence electrons. The van der Waals surface area contributed by atoms with E-state index in [0.29, 0.717) is 13.0 Å². The fraction of sp³-hybridized carbons (Fsp3) is 0.200. The third kappa shape index (κ3) is 4.91. The molecule has 0 radical (unpaired) electrons. The molecule has 2 nitrogen and oxygen atoms in total. The topological polar surface area (TPSA) is 21.3 Å². The molecule has 1 heterocycles. The molecule has 0 spiro atoms. The number of rotatable bonds is 8. The van der Waals surface area contributed by atoms with E-state index in [0.717, 1.165) is 24.4 Å². The largest absolute Gasteiger partial charge is 0.488 e. The summed E-state index contributed by atoms with van der Waals surface area (Å²) in [5.41, 5.74) is 1.94. The van der Waals surface area contributed by atoms with Gasteiger partial charge in [-0.25, -0.2) is 4.39 Å². The van der Waals surface area contributed by atoms with Crippen molar-refractivity contribution in [3.05, 3.63) is 87.9 Å². The molecule has 4 heteroatoms. The molecule has 1 N–H and O–H groups in total. The summed E-state index contributed by atoms with van der Waals surface area (Å²) >= 11 is 1.70. The summed E-state index contributed by atoms with van der Waals surface area (Å²) in [4.78, 5) is 1.22. The second-order valence-corrected chi connectivity index (χ2v) is 6.56. The zero-order valence-electron chi connectivity index (χ0n) is 13.4. The van der Waals surface area contributed by atoms with Gasteiger partial charge in [-0.15, -0.1) is 11.3 Å². The van der Waals surface area contributed by atoms with Crippen LogP contribution in [0.25, 0.3) is 0 Å². The van der Waals surface area contributed by atoms with Crippen molar-refractivity contribution >= 4 is 11.3 Å². The van der Waals surface area contributed by atoms with Crippen molar-refractivity contribution in [3.8, 4) is 5.75 Å².